The predicted molar refractivity (Wildman–Crippen MR) is 70.0 cm³/mol. The minimum atomic E-state index is -4.34. The van der Waals surface area contributed by atoms with Crippen LogP contribution in [0.25, 0.3) is 0 Å². The normalized spacial score (nSPS) is 15.3. The minimum absolute atomic E-state index is 0.0831. The van der Waals surface area contributed by atoms with Crippen molar-refractivity contribution in [2.24, 2.45) is 5.73 Å². The van der Waals surface area contributed by atoms with Crippen molar-refractivity contribution in [3.8, 4) is 0 Å². The minimum Gasteiger partial charge on any atom is -0.395 e. The first kappa shape index (κ1) is 16.9. The molecule has 20 heavy (non-hydrogen) atoms. The molecule has 0 saturated carbocycles. The van der Waals surface area contributed by atoms with Crippen molar-refractivity contribution in [3.05, 3.63) is 30.1 Å². The lowest BCUT2D eigenvalue weighted by molar-refractivity contribution is -0.153. The van der Waals surface area contributed by atoms with Crippen LogP contribution in [0.5, 0.6) is 0 Å². The number of pyridine rings is 1. The van der Waals surface area contributed by atoms with Gasteiger partial charge in [-0.1, -0.05) is 6.92 Å². The van der Waals surface area contributed by atoms with Gasteiger partial charge in [-0.25, -0.2) is 0 Å². The van der Waals surface area contributed by atoms with Crippen LogP contribution in [-0.4, -0.2) is 46.9 Å². The molecule has 7 heteroatoms. The van der Waals surface area contributed by atoms with Gasteiger partial charge in [0.05, 0.1) is 19.2 Å². The molecule has 0 bridgehead atoms. The van der Waals surface area contributed by atoms with Crippen molar-refractivity contribution in [2.45, 2.75) is 31.6 Å². The molecular formula is C13H20F3N3O. The fourth-order valence-electron chi connectivity index (χ4n) is 2.19. The Kier molecular flexibility index (Phi) is 6.38. The van der Waals surface area contributed by atoms with Gasteiger partial charge < -0.3 is 10.8 Å². The highest BCUT2D eigenvalue weighted by Gasteiger charge is 2.35. The summed E-state index contributed by atoms with van der Waals surface area (Å²) in [5.74, 6) is 0. The van der Waals surface area contributed by atoms with Gasteiger partial charge >= 0.3 is 6.18 Å². The highest BCUT2D eigenvalue weighted by atomic mass is 19.4. The summed E-state index contributed by atoms with van der Waals surface area (Å²) in [7, 11) is 0. The molecule has 0 saturated heterocycles. The Labute approximate surface area is 116 Å². The van der Waals surface area contributed by atoms with Gasteiger partial charge in [0, 0.05) is 25.0 Å². The first-order valence-electron chi connectivity index (χ1n) is 6.46. The number of halogens is 3. The van der Waals surface area contributed by atoms with Crippen molar-refractivity contribution < 1.29 is 18.3 Å². The molecule has 0 aliphatic heterocycles. The number of aromatic nitrogens is 1. The molecule has 1 aromatic heterocycles. The summed E-state index contributed by atoms with van der Waals surface area (Å²) in [6.07, 6.45) is -0.758. The molecule has 0 fully saturated rings. The summed E-state index contributed by atoms with van der Waals surface area (Å²) < 4.78 is 38.1. The Balaban J connectivity index is 3.05. The second-order valence-corrected chi connectivity index (χ2v) is 4.61. The van der Waals surface area contributed by atoms with Gasteiger partial charge in [-0.2, -0.15) is 13.2 Å². The Morgan fingerprint density at radius 1 is 1.35 bits per heavy atom. The summed E-state index contributed by atoms with van der Waals surface area (Å²) in [4.78, 5) is 5.03. The maximum Gasteiger partial charge on any atom is 0.401 e. The number of alkyl halides is 3. The fourth-order valence-corrected chi connectivity index (χ4v) is 2.19. The van der Waals surface area contributed by atoms with Crippen LogP contribution in [0.2, 0.25) is 0 Å². The molecule has 3 N–H and O–H groups in total. The third-order valence-electron chi connectivity index (χ3n) is 3.09. The maximum absolute atomic E-state index is 12.7. The molecule has 0 aliphatic carbocycles. The van der Waals surface area contributed by atoms with Gasteiger partial charge in [0.25, 0.3) is 0 Å². The summed E-state index contributed by atoms with van der Waals surface area (Å²) in [6.45, 7) is 0.284. The van der Waals surface area contributed by atoms with E-state index in [1.54, 1.807) is 12.1 Å². The predicted octanol–water partition coefficient (Wildman–Crippen LogP) is 1.72. The van der Waals surface area contributed by atoms with Gasteiger partial charge in [0.2, 0.25) is 0 Å². The molecule has 0 amide bonds. The van der Waals surface area contributed by atoms with E-state index in [0.29, 0.717) is 12.0 Å². The van der Waals surface area contributed by atoms with Crippen LogP contribution >= 0.6 is 0 Å². The molecule has 114 valence electrons. The van der Waals surface area contributed by atoms with Crippen LogP contribution in [0.4, 0.5) is 13.2 Å². The highest BCUT2D eigenvalue weighted by Crippen LogP contribution is 2.28. The average Bonchev–Trinajstić information content (AvgIpc) is 2.38. The van der Waals surface area contributed by atoms with E-state index in [9.17, 15) is 13.2 Å². The van der Waals surface area contributed by atoms with Crippen LogP contribution in [0.1, 0.15) is 24.9 Å². The molecule has 2 atom stereocenters. The van der Waals surface area contributed by atoms with Crippen LogP contribution in [-0.2, 0) is 0 Å². The molecule has 1 aromatic rings. The summed E-state index contributed by atoms with van der Waals surface area (Å²) in [6, 6.07) is 2.25. The van der Waals surface area contributed by atoms with Gasteiger partial charge in [-0.05, 0) is 24.1 Å². The van der Waals surface area contributed by atoms with Crippen LogP contribution < -0.4 is 5.73 Å². The third-order valence-corrected chi connectivity index (χ3v) is 3.09. The summed E-state index contributed by atoms with van der Waals surface area (Å²) in [5.41, 5.74) is 6.66. The van der Waals surface area contributed by atoms with E-state index in [0.717, 1.165) is 0 Å². The molecule has 4 nitrogen and oxygen atoms in total. The van der Waals surface area contributed by atoms with E-state index in [1.807, 2.05) is 6.92 Å². The Morgan fingerprint density at radius 3 is 2.40 bits per heavy atom. The summed E-state index contributed by atoms with van der Waals surface area (Å²) >= 11 is 0. The second-order valence-electron chi connectivity index (χ2n) is 4.61. The van der Waals surface area contributed by atoms with Gasteiger partial charge in [-0.3, -0.25) is 9.88 Å². The zero-order chi connectivity index (χ0) is 15.2. The first-order chi connectivity index (χ1) is 9.39. The first-order valence-corrected chi connectivity index (χ1v) is 6.46. The Bertz CT molecular complexity index is 386. The summed E-state index contributed by atoms with van der Waals surface area (Å²) in [5, 5.41) is 9.02. The molecule has 0 aliphatic rings. The van der Waals surface area contributed by atoms with Gasteiger partial charge in [0.15, 0.2) is 0 Å². The second kappa shape index (κ2) is 7.56. The maximum atomic E-state index is 12.7. The lowest BCUT2D eigenvalue weighted by Gasteiger charge is -2.35. The van der Waals surface area contributed by atoms with Crippen LogP contribution in [0.3, 0.4) is 0 Å². The van der Waals surface area contributed by atoms with E-state index in [4.69, 9.17) is 10.8 Å². The van der Waals surface area contributed by atoms with Crippen LogP contribution in [0.15, 0.2) is 24.5 Å². The van der Waals surface area contributed by atoms with Gasteiger partial charge in [0.1, 0.15) is 0 Å². The fraction of sp³-hybridized carbons (Fsp3) is 0.615. The van der Waals surface area contributed by atoms with E-state index in [1.165, 1.54) is 17.3 Å². The van der Waals surface area contributed by atoms with Gasteiger partial charge in [-0.15, -0.1) is 0 Å². The zero-order valence-corrected chi connectivity index (χ0v) is 11.3. The van der Waals surface area contributed by atoms with E-state index in [2.05, 4.69) is 4.98 Å². The number of aliphatic hydroxyl groups excluding tert-OH is 1. The third kappa shape index (κ3) is 5.07. The smallest absolute Gasteiger partial charge is 0.395 e. The lowest BCUT2D eigenvalue weighted by atomic mass is 9.97. The molecule has 1 heterocycles. The van der Waals surface area contributed by atoms with E-state index >= 15 is 0 Å². The standard InChI is InChI=1S/C13H20F3N3O/c1-2-11(17)12(10-3-5-18-6-4-10)19(7-8-20)9-13(14,15)16/h3-6,11-12,20H,2,7-9,17H2,1H3. The number of rotatable bonds is 7. The van der Waals surface area contributed by atoms with Crippen molar-refractivity contribution in [3.63, 3.8) is 0 Å². The zero-order valence-electron chi connectivity index (χ0n) is 11.3. The van der Waals surface area contributed by atoms with E-state index < -0.39 is 24.8 Å². The Morgan fingerprint density at radius 2 is 1.95 bits per heavy atom. The topological polar surface area (TPSA) is 62.4 Å². The van der Waals surface area contributed by atoms with E-state index in [-0.39, 0.29) is 13.2 Å². The van der Waals surface area contributed by atoms with Crippen molar-refractivity contribution in [1.29, 1.82) is 0 Å². The molecule has 0 radical (unpaired) electrons. The average molecular weight is 291 g/mol. The molecular weight excluding hydrogens is 271 g/mol. The number of hydrogen-bond acceptors (Lipinski definition) is 4. The quantitative estimate of drug-likeness (QED) is 0.803. The number of nitrogens with zero attached hydrogens (tertiary/aromatic N) is 2. The molecule has 0 aromatic carbocycles. The van der Waals surface area contributed by atoms with Crippen molar-refractivity contribution in [1.82, 2.24) is 9.88 Å². The molecule has 1 rings (SSSR count). The number of aliphatic hydroxyl groups is 1. The number of hydrogen-bond donors (Lipinski definition) is 2. The largest absolute Gasteiger partial charge is 0.401 e. The van der Waals surface area contributed by atoms with Crippen LogP contribution in [0, 0.1) is 0 Å². The highest BCUT2D eigenvalue weighted by molar-refractivity contribution is 5.17. The van der Waals surface area contributed by atoms with Crippen molar-refractivity contribution >= 4 is 0 Å². The number of nitrogens with two attached hydrogens (primary N) is 1. The monoisotopic (exact) mass is 291 g/mol. The molecule has 0 spiro atoms. The molecule has 2 unspecified atom stereocenters. The lowest BCUT2D eigenvalue weighted by Crippen LogP contribution is -2.46. The van der Waals surface area contributed by atoms with Crippen molar-refractivity contribution in [2.75, 3.05) is 19.7 Å². The Hall–Kier alpha value is -1.18. The SMILES string of the molecule is CCC(N)C(c1ccncc1)N(CCO)CC(F)(F)F.